The van der Waals surface area contributed by atoms with Crippen LogP contribution >= 0.6 is 0 Å². The van der Waals surface area contributed by atoms with Crippen molar-refractivity contribution in [1.82, 2.24) is 0 Å². The minimum Gasteiger partial charge on any atom is -0.663 e. The number of fused-ring (bicyclic) bond motifs is 1. The van der Waals surface area contributed by atoms with Gasteiger partial charge in [0, 0.05) is 101 Å². The zero-order chi connectivity index (χ0) is 36.1. The van der Waals surface area contributed by atoms with E-state index in [-0.39, 0.29) is 116 Å². The molecular formula is C36H48B3N3O9Y2-2. The van der Waals surface area contributed by atoms with Crippen molar-refractivity contribution in [1.29, 1.82) is 0 Å². The maximum absolute atomic E-state index is 10.0. The zero-order valence-electron chi connectivity index (χ0n) is 31.5. The van der Waals surface area contributed by atoms with Crippen LogP contribution in [0.25, 0.3) is 10.6 Å². The van der Waals surface area contributed by atoms with E-state index in [0.29, 0.717) is 38.6 Å². The molecule has 0 aromatic heterocycles. The molecule has 5 aliphatic rings. The zero-order valence-corrected chi connectivity index (χ0v) is 37.2. The Bertz CT molecular complexity index is 1640. The molecule has 0 aliphatic carbocycles. The fraction of sp³-hybridized carbons (Fsp3) is 0.500. The third-order valence-electron chi connectivity index (χ3n) is 9.36. The maximum atomic E-state index is 10.0. The van der Waals surface area contributed by atoms with Crippen molar-refractivity contribution in [3.8, 4) is 17.2 Å². The minimum atomic E-state index is -0.910. The van der Waals surface area contributed by atoms with Crippen LogP contribution in [0.2, 0.25) is 0 Å². The van der Waals surface area contributed by atoms with Gasteiger partial charge in [-0.05, 0) is 62.1 Å². The molecule has 3 N–H and O–H groups in total. The molecule has 5 aliphatic heterocycles. The van der Waals surface area contributed by atoms with E-state index < -0.39 is 7.12 Å². The average molecular weight is 877 g/mol. The van der Waals surface area contributed by atoms with E-state index >= 15 is 0 Å². The fourth-order valence-electron chi connectivity index (χ4n) is 6.77. The van der Waals surface area contributed by atoms with E-state index in [1.54, 1.807) is 14.1 Å². The SMILES string of the molecule is CC1COB2OC(CN)c3cccc(c32)O1.CCC(C)Oc1cccc2c1B(O)OC2C[N-]C.C[N-]CC1OB2OCC(C)Oc3cccc1c32.[Y].[Y]. The monoisotopic (exact) mass is 877 g/mol. The molecular weight excluding hydrogens is 829 g/mol. The van der Waals surface area contributed by atoms with Gasteiger partial charge in [0.1, 0.15) is 29.5 Å². The van der Waals surface area contributed by atoms with Crippen LogP contribution in [0.15, 0.2) is 54.6 Å². The fourth-order valence-corrected chi connectivity index (χ4v) is 6.77. The number of nitrogens with two attached hydrogens (primary N) is 1. The Balaban J connectivity index is 0.000000174. The largest absolute Gasteiger partial charge is 0.663 e. The summed E-state index contributed by atoms with van der Waals surface area (Å²) < 4.78 is 46.0. The topological polar surface area (TPSA) is 148 Å². The molecule has 5 heterocycles. The summed E-state index contributed by atoms with van der Waals surface area (Å²) in [5.74, 6) is 2.47. The Morgan fingerprint density at radius 1 is 0.755 bits per heavy atom. The van der Waals surface area contributed by atoms with Gasteiger partial charge in [0.2, 0.25) is 0 Å². The summed E-state index contributed by atoms with van der Waals surface area (Å²) in [6.45, 7) is 10.8. The molecule has 53 heavy (non-hydrogen) atoms. The van der Waals surface area contributed by atoms with Crippen LogP contribution in [0.4, 0.5) is 0 Å². The van der Waals surface area contributed by atoms with Gasteiger partial charge in [0.25, 0.3) is 0 Å². The molecule has 12 nitrogen and oxygen atoms in total. The molecule has 0 spiro atoms. The van der Waals surface area contributed by atoms with E-state index in [2.05, 4.69) is 23.6 Å². The second-order valence-electron chi connectivity index (χ2n) is 13.3. The number of hydrogen-bond donors (Lipinski definition) is 2. The first kappa shape index (κ1) is 44.8. The van der Waals surface area contributed by atoms with Crippen LogP contribution in [0.1, 0.15) is 69.1 Å². The predicted molar refractivity (Wildman–Crippen MR) is 199 cm³/mol. The van der Waals surface area contributed by atoms with Crippen molar-refractivity contribution in [2.45, 2.75) is 70.7 Å². The van der Waals surface area contributed by atoms with Crippen LogP contribution in [0, 0.1) is 0 Å². The Hall–Kier alpha value is -0.897. The Labute approximate surface area is 365 Å². The molecule has 3 aromatic carbocycles. The first-order valence-corrected chi connectivity index (χ1v) is 17.8. The van der Waals surface area contributed by atoms with Crippen LogP contribution in [0.5, 0.6) is 17.2 Å². The Kier molecular flexibility index (Phi) is 17.8. The predicted octanol–water partition coefficient (Wildman–Crippen LogP) is 3.08. The molecule has 0 saturated carbocycles. The van der Waals surface area contributed by atoms with E-state index in [1.807, 2.05) is 69.3 Å². The van der Waals surface area contributed by atoms with Crippen LogP contribution in [-0.2, 0) is 88.7 Å². The summed E-state index contributed by atoms with van der Waals surface area (Å²) in [4.78, 5) is 0. The number of nitrogens with zero attached hydrogens (tertiary/aromatic N) is 2. The van der Waals surface area contributed by atoms with Crippen molar-refractivity contribution >= 4 is 37.7 Å². The molecule has 0 bridgehead atoms. The minimum absolute atomic E-state index is 0. The van der Waals surface area contributed by atoms with Crippen molar-refractivity contribution in [2.75, 3.05) is 46.9 Å². The molecule has 3 aromatic rings. The standard InChI is InChI=1S/C13H19BNO3.C12H15BNO3.C11H14BNO3.2Y/c1-4-9(2)17-11-7-5-6-10-12(8-15-3)18-14(16)13(10)11;1-8-7-15-13-12-9(11(17-13)6-14-2)4-3-5-10(12)16-8;1-7-6-14-12-11-8(10(5-13)16-12)3-2-4-9(11)15-7;;/h5-7,9,12,16H,4,8H2,1-3H3;3-5,8,11H,6-7H2,1-2H3;2-4,7,10H,5-6,13H2,1H3;;/q2*-1;;;. The van der Waals surface area contributed by atoms with Crippen molar-refractivity contribution in [3.05, 3.63) is 81.9 Å². The van der Waals surface area contributed by atoms with Gasteiger partial charge in [0.15, 0.2) is 0 Å². The van der Waals surface area contributed by atoms with Crippen molar-refractivity contribution in [2.24, 2.45) is 5.73 Å². The summed E-state index contributed by atoms with van der Waals surface area (Å²) >= 11 is 0. The van der Waals surface area contributed by atoms with Gasteiger partial charge in [-0.15, -0.1) is 13.1 Å². The quantitative estimate of drug-likeness (QED) is 0.324. The number of rotatable bonds is 8. The van der Waals surface area contributed by atoms with Crippen LogP contribution in [0.3, 0.4) is 0 Å². The first-order chi connectivity index (χ1) is 24.8. The average Bonchev–Trinajstić information content (AvgIpc) is 3.71. The van der Waals surface area contributed by atoms with Crippen molar-refractivity contribution in [3.63, 3.8) is 0 Å². The van der Waals surface area contributed by atoms with E-state index in [4.69, 9.17) is 43.2 Å². The summed E-state index contributed by atoms with van der Waals surface area (Å²) in [6.07, 6.45) is 0.920. The third-order valence-corrected chi connectivity index (χ3v) is 9.36. The molecule has 17 heteroatoms. The van der Waals surface area contributed by atoms with Crippen molar-refractivity contribution < 1.29 is 108 Å². The summed E-state index contributed by atoms with van der Waals surface area (Å²) in [5, 5.41) is 18.2. The second-order valence-corrected chi connectivity index (χ2v) is 13.3. The van der Waals surface area contributed by atoms with Crippen LogP contribution < -0.4 is 36.3 Å². The summed E-state index contributed by atoms with van der Waals surface area (Å²) in [5.41, 5.74) is 11.7. The molecule has 0 saturated heterocycles. The second kappa shape index (κ2) is 21.0. The Morgan fingerprint density at radius 3 is 1.74 bits per heavy atom. The summed E-state index contributed by atoms with van der Waals surface area (Å²) in [7, 11) is 2.02. The summed E-state index contributed by atoms with van der Waals surface area (Å²) in [6, 6.07) is 17.8. The molecule has 0 fully saturated rings. The molecule has 0 amide bonds. The van der Waals surface area contributed by atoms with Gasteiger partial charge < -0.3 is 58.9 Å². The third kappa shape index (κ3) is 10.4. The maximum Gasteiger partial charge on any atom is 0.498 e. The Morgan fingerprint density at radius 2 is 1.23 bits per heavy atom. The van der Waals surface area contributed by atoms with Gasteiger partial charge in [-0.2, -0.15) is 14.1 Å². The van der Waals surface area contributed by atoms with E-state index in [1.165, 1.54) is 0 Å². The van der Waals surface area contributed by atoms with Gasteiger partial charge >= 0.3 is 21.4 Å². The number of benzene rings is 3. The number of hydrogen-bond acceptors (Lipinski definition) is 10. The molecule has 8 rings (SSSR count). The molecule has 2 radical (unpaired) electrons. The van der Waals surface area contributed by atoms with E-state index in [0.717, 1.165) is 51.0 Å². The molecule has 6 atom stereocenters. The number of ether oxygens (including phenoxy) is 3. The smallest absolute Gasteiger partial charge is 0.498 e. The van der Waals surface area contributed by atoms with Gasteiger partial charge in [-0.1, -0.05) is 43.3 Å². The molecule has 278 valence electrons. The normalized spacial score (nSPS) is 23.4. The van der Waals surface area contributed by atoms with Gasteiger partial charge in [-0.3, -0.25) is 0 Å². The molecule has 6 unspecified atom stereocenters. The van der Waals surface area contributed by atoms with Crippen LogP contribution in [-0.4, -0.2) is 91.6 Å². The first-order valence-electron chi connectivity index (χ1n) is 17.8. The van der Waals surface area contributed by atoms with Gasteiger partial charge in [0.05, 0.1) is 25.4 Å². The van der Waals surface area contributed by atoms with Gasteiger partial charge in [-0.25, -0.2) is 0 Å². The van der Waals surface area contributed by atoms with E-state index in [9.17, 15) is 5.02 Å². The number of likely N-dealkylation sites (N-methyl/N-ethyl adjacent to an activating group) is 2.